The number of hydrogen-bond acceptors (Lipinski definition) is 4. The van der Waals surface area contributed by atoms with Crippen LogP contribution in [0.15, 0.2) is 75.9 Å². The third-order valence-electron chi connectivity index (χ3n) is 4.56. The number of carbonyl (C=O) groups excluding carboxylic acids is 1. The smallest absolute Gasteiger partial charge is 0.343 e. The molecule has 1 aromatic heterocycles. The first-order valence-corrected chi connectivity index (χ1v) is 9.42. The summed E-state index contributed by atoms with van der Waals surface area (Å²) in [7, 11) is 0. The molecular weight excluding hydrogens is 388 g/mol. The molecule has 0 spiro atoms. The zero-order chi connectivity index (χ0) is 20.5. The molecular formula is C24H17ClO4. The minimum atomic E-state index is -0.623. The van der Waals surface area contributed by atoms with Crippen LogP contribution in [-0.4, -0.2) is 5.97 Å². The summed E-state index contributed by atoms with van der Waals surface area (Å²) >= 11 is 5.99. The Hall–Kier alpha value is -3.37. The lowest BCUT2D eigenvalue weighted by Crippen LogP contribution is -2.16. The Bertz CT molecular complexity index is 1290. The molecule has 5 heteroatoms. The van der Waals surface area contributed by atoms with E-state index in [1.807, 2.05) is 26.0 Å². The van der Waals surface area contributed by atoms with E-state index in [0.717, 1.165) is 11.1 Å². The molecule has 4 aromatic rings. The van der Waals surface area contributed by atoms with E-state index < -0.39 is 11.4 Å². The zero-order valence-corrected chi connectivity index (χ0v) is 16.6. The van der Waals surface area contributed by atoms with Crippen LogP contribution in [0, 0.1) is 13.8 Å². The number of benzene rings is 3. The van der Waals surface area contributed by atoms with E-state index in [1.165, 1.54) is 0 Å². The summed E-state index contributed by atoms with van der Waals surface area (Å²) in [6.45, 7) is 3.79. The number of halogens is 1. The monoisotopic (exact) mass is 404 g/mol. The molecule has 3 aromatic carbocycles. The number of fused-ring (bicyclic) bond motifs is 1. The van der Waals surface area contributed by atoms with E-state index in [2.05, 4.69) is 0 Å². The fourth-order valence-electron chi connectivity index (χ4n) is 3.09. The van der Waals surface area contributed by atoms with Crippen LogP contribution in [0.5, 0.6) is 5.75 Å². The lowest BCUT2D eigenvalue weighted by atomic mass is 10.1. The summed E-state index contributed by atoms with van der Waals surface area (Å²) in [5.41, 5.74) is 2.83. The van der Waals surface area contributed by atoms with Crippen LogP contribution in [-0.2, 0) is 0 Å². The highest BCUT2D eigenvalue weighted by Crippen LogP contribution is 2.32. The van der Waals surface area contributed by atoms with Gasteiger partial charge < -0.3 is 9.15 Å². The van der Waals surface area contributed by atoms with Gasteiger partial charge in [-0.25, -0.2) is 4.79 Å². The number of rotatable bonds is 3. The number of carbonyl (C=O) groups is 1. The van der Waals surface area contributed by atoms with Gasteiger partial charge in [0.1, 0.15) is 5.58 Å². The van der Waals surface area contributed by atoms with Crippen LogP contribution in [0.1, 0.15) is 21.5 Å². The van der Waals surface area contributed by atoms with Crippen LogP contribution >= 0.6 is 11.6 Å². The molecule has 4 rings (SSSR count). The molecule has 0 bridgehead atoms. The highest BCUT2D eigenvalue weighted by atomic mass is 35.5. The van der Waals surface area contributed by atoms with E-state index >= 15 is 0 Å². The van der Waals surface area contributed by atoms with Gasteiger partial charge >= 0.3 is 5.97 Å². The summed E-state index contributed by atoms with van der Waals surface area (Å²) in [6, 6.07) is 19.0. The zero-order valence-electron chi connectivity index (χ0n) is 15.9. The molecule has 144 valence electrons. The largest absolute Gasteiger partial charge is 0.452 e. The van der Waals surface area contributed by atoms with Gasteiger partial charge in [0.2, 0.25) is 11.2 Å². The van der Waals surface area contributed by atoms with Crippen molar-refractivity contribution in [3.05, 3.63) is 98.7 Å². The maximum atomic E-state index is 13.2. The van der Waals surface area contributed by atoms with Crippen molar-refractivity contribution in [2.45, 2.75) is 13.8 Å². The first-order chi connectivity index (χ1) is 13.9. The van der Waals surface area contributed by atoms with Crippen molar-refractivity contribution in [2.24, 2.45) is 0 Å². The lowest BCUT2D eigenvalue weighted by Gasteiger charge is -2.11. The summed E-state index contributed by atoms with van der Waals surface area (Å²) in [5.74, 6) is -0.580. The molecule has 0 aliphatic carbocycles. The molecule has 0 aliphatic heterocycles. The van der Waals surface area contributed by atoms with Crippen molar-refractivity contribution >= 4 is 28.5 Å². The van der Waals surface area contributed by atoms with Crippen molar-refractivity contribution in [2.75, 3.05) is 0 Å². The van der Waals surface area contributed by atoms with E-state index in [-0.39, 0.29) is 11.5 Å². The molecule has 0 saturated carbocycles. The lowest BCUT2D eigenvalue weighted by molar-refractivity contribution is 0.0731. The van der Waals surface area contributed by atoms with Gasteiger partial charge in [0.15, 0.2) is 5.76 Å². The standard InChI is InChI=1S/C24H17ClO4/c1-14-4-3-5-17(12-14)24(27)29-23-21(26)19-11-6-15(2)13-20(19)28-22(23)16-7-9-18(25)10-8-16/h3-13H,1-2H3. The van der Waals surface area contributed by atoms with Gasteiger partial charge in [0, 0.05) is 10.6 Å². The molecule has 0 radical (unpaired) electrons. The molecule has 4 nitrogen and oxygen atoms in total. The topological polar surface area (TPSA) is 56.5 Å². The predicted octanol–water partition coefficient (Wildman–Crippen LogP) is 5.95. The van der Waals surface area contributed by atoms with Gasteiger partial charge in [-0.2, -0.15) is 0 Å². The fourth-order valence-corrected chi connectivity index (χ4v) is 3.22. The second-order valence-corrected chi connectivity index (χ2v) is 7.29. The summed E-state index contributed by atoms with van der Waals surface area (Å²) in [6.07, 6.45) is 0. The maximum absolute atomic E-state index is 13.2. The Morgan fingerprint density at radius 1 is 0.931 bits per heavy atom. The number of aryl methyl sites for hydroxylation is 2. The summed E-state index contributed by atoms with van der Waals surface area (Å²) in [5, 5.41) is 0.895. The minimum absolute atomic E-state index is 0.143. The van der Waals surface area contributed by atoms with Crippen LogP contribution in [0.2, 0.25) is 5.02 Å². The predicted molar refractivity (Wildman–Crippen MR) is 114 cm³/mol. The minimum Gasteiger partial charge on any atom is -0.452 e. The Kier molecular flexibility index (Phi) is 4.95. The first-order valence-electron chi connectivity index (χ1n) is 9.04. The van der Waals surface area contributed by atoms with Crippen molar-refractivity contribution in [1.29, 1.82) is 0 Å². The van der Waals surface area contributed by atoms with Crippen molar-refractivity contribution in [3.8, 4) is 17.1 Å². The van der Waals surface area contributed by atoms with Gasteiger partial charge in [-0.15, -0.1) is 0 Å². The second-order valence-electron chi connectivity index (χ2n) is 6.85. The van der Waals surface area contributed by atoms with Crippen molar-refractivity contribution < 1.29 is 13.9 Å². The number of esters is 1. The van der Waals surface area contributed by atoms with Gasteiger partial charge in [-0.1, -0.05) is 35.4 Å². The molecule has 29 heavy (non-hydrogen) atoms. The third kappa shape index (κ3) is 3.80. The van der Waals surface area contributed by atoms with Gasteiger partial charge in [-0.05, 0) is 67.9 Å². The Labute approximate surface area is 172 Å². The molecule has 0 fully saturated rings. The van der Waals surface area contributed by atoms with E-state index in [0.29, 0.717) is 27.1 Å². The van der Waals surface area contributed by atoms with E-state index in [9.17, 15) is 9.59 Å². The molecule has 0 aliphatic rings. The van der Waals surface area contributed by atoms with Gasteiger partial charge in [0.25, 0.3) is 0 Å². The highest BCUT2D eigenvalue weighted by Gasteiger charge is 2.21. The Balaban J connectivity index is 1.90. The molecule has 0 saturated heterocycles. The second kappa shape index (κ2) is 7.57. The number of hydrogen-bond donors (Lipinski definition) is 0. The van der Waals surface area contributed by atoms with E-state index in [4.69, 9.17) is 20.8 Å². The van der Waals surface area contributed by atoms with Crippen LogP contribution < -0.4 is 10.2 Å². The normalized spacial score (nSPS) is 10.9. The summed E-state index contributed by atoms with van der Waals surface area (Å²) < 4.78 is 11.6. The van der Waals surface area contributed by atoms with Gasteiger partial charge in [0.05, 0.1) is 10.9 Å². The third-order valence-corrected chi connectivity index (χ3v) is 4.81. The molecule has 0 N–H and O–H groups in total. The quantitative estimate of drug-likeness (QED) is 0.396. The van der Waals surface area contributed by atoms with Crippen molar-refractivity contribution in [1.82, 2.24) is 0 Å². The molecule has 1 heterocycles. The molecule has 0 amide bonds. The molecule has 0 unspecified atom stereocenters. The SMILES string of the molecule is Cc1cccc(C(=O)Oc2c(-c3ccc(Cl)cc3)oc3cc(C)ccc3c2=O)c1. The Morgan fingerprint density at radius 3 is 2.38 bits per heavy atom. The molecule has 0 atom stereocenters. The van der Waals surface area contributed by atoms with Gasteiger partial charge in [-0.3, -0.25) is 4.79 Å². The Morgan fingerprint density at radius 2 is 1.66 bits per heavy atom. The van der Waals surface area contributed by atoms with Crippen LogP contribution in [0.3, 0.4) is 0 Å². The summed E-state index contributed by atoms with van der Waals surface area (Å²) in [4.78, 5) is 25.9. The van der Waals surface area contributed by atoms with Crippen LogP contribution in [0.4, 0.5) is 0 Å². The van der Waals surface area contributed by atoms with Crippen molar-refractivity contribution in [3.63, 3.8) is 0 Å². The number of ether oxygens (including phenoxy) is 1. The average Bonchev–Trinajstić information content (AvgIpc) is 2.70. The van der Waals surface area contributed by atoms with Crippen LogP contribution in [0.25, 0.3) is 22.3 Å². The van der Waals surface area contributed by atoms with E-state index in [1.54, 1.807) is 54.6 Å². The maximum Gasteiger partial charge on any atom is 0.343 e. The first kappa shape index (κ1) is 19.0. The average molecular weight is 405 g/mol. The fraction of sp³-hybridized carbons (Fsp3) is 0.0833. The highest BCUT2D eigenvalue weighted by molar-refractivity contribution is 6.30.